The van der Waals surface area contributed by atoms with Crippen LogP contribution in [-0.2, 0) is 0 Å². The van der Waals surface area contributed by atoms with Crippen LogP contribution in [-0.4, -0.2) is 52.2 Å². The van der Waals surface area contributed by atoms with Crippen molar-refractivity contribution < 1.29 is 9.90 Å². The van der Waals surface area contributed by atoms with Crippen LogP contribution in [0.3, 0.4) is 0 Å². The Hall–Kier alpha value is -1.96. The van der Waals surface area contributed by atoms with Gasteiger partial charge < -0.3 is 26.4 Å². The third-order valence-electron chi connectivity index (χ3n) is 2.75. The Balaban J connectivity index is 2.17. The molecule has 9 heteroatoms. The maximum Gasteiger partial charge on any atom is 0.407 e. The number of halogens is 1. The lowest BCUT2D eigenvalue weighted by Crippen LogP contribution is -2.48. The number of nitrogens with zero attached hydrogens (tertiary/aromatic N) is 4. The minimum atomic E-state index is -0.928. The van der Waals surface area contributed by atoms with Gasteiger partial charge in [0.05, 0.1) is 0 Å². The maximum atomic E-state index is 10.8. The molecule has 1 aromatic heterocycles. The smallest absolute Gasteiger partial charge is 0.407 e. The van der Waals surface area contributed by atoms with Crippen molar-refractivity contribution >= 4 is 35.1 Å². The molecule has 5 N–H and O–H groups in total. The lowest BCUT2D eigenvalue weighted by molar-refractivity contribution is 0.142. The van der Waals surface area contributed by atoms with E-state index in [1.54, 1.807) is 0 Å². The molecule has 1 aliphatic rings. The van der Waals surface area contributed by atoms with Gasteiger partial charge in [-0.25, -0.2) is 4.79 Å². The lowest BCUT2D eigenvalue weighted by Gasteiger charge is -2.34. The highest BCUT2D eigenvalue weighted by atomic mass is 35.5. The van der Waals surface area contributed by atoms with Crippen molar-refractivity contribution in [2.45, 2.75) is 0 Å². The van der Waals surface area contributed by atoms with Crippen LogP contribution >= 0.6 is 11.6 Å². The molecule has 1 aliphatic heterocycles. The van der Waals surface area contributed by atoms with Gasteiger partial charge >= 0.3 is 6.09 Å². The van der Waals surface area contributed by atoms with Crippen molar-refractivity contribution in [1.29, 1.82) is 0 Å². The Bertz CT molecular complexity index is 474. The van der Waals surface area contributed by atoms with Gasteiger partial charge in [-0.2, -0.15) is 9.97 Å². The van der Waals surface area contributed by atoms with E-state index >= 15 is 0 Å². The van der Waals surface area contributed by atoms with Gasteiger partial charge in [0, 0.05) is 26.2 Å². The summed E-state index contributed by atoms with van der Waals surface area (Å²) in [5.74, 6) is 0.502. The first-order valence-corrected chi connectivity index (χ1v) is 5.68. The van der Waals surface area contributed by atoms with E-state index in [1.165, 1.54) is 4.90 Å². The second kappa shape index (κ2) is 4.73. The minimum absolute atomic E-state index is 0.0462. The largest absolute Gasteiger partial charge is 0.465 e. The molecule has 2 heterocycles. The zero-order valence-corrected chi connectivity index (χ0v) is 10.3. The summed E-state index contributed by atoms with van der Waals surface area (Å²) in [7, 11) is 0. The van der Waals surface area contributed by atoms with Crippen LogP contribution in [0.5, 0.6) is 0 Å². The third-order valence-corrected chi connectivity index (χ3v) is 3.03. The van der Waals surface area contributed by atoms with E-state index in [1.807, 2.05) is 4.90 Å². The Morgan fingerprint density at radius 1 is 1.22 bits per heavy atom. The number of carboxylic acid groups (broad SMARTS) is 1. The summed E-state index contributed by atoms with van der Waals surface area (Å²) >= 11 is 5.83. The average Bonchev–Trinajstić information content (AvgIpc) is 2.34. The van der Waals surface area contributed by atoms with Gasteiger partial charge in [0.2, 0.25) is 5.95 Å². The fourth-order valence-electron chi connectivity index (χ4n) is 1.80. The molecule has 0 bridgehead atoms. The number of nitrogen functional groups attached to an aromatic ring is 2. The SMILES string of the molecule is Nc1nc(Cl)c(N)c(N2CCN(C(=O)O)CC2)n1. The van der Waals surface area contributed by atoms with Crippen LogP contribution < -0.4 is 16.4 Å². The molecule has 2 rings (SSSR count). The third kappa shape index (κ3) is 2.33. The highest BCUT2D eigenvalue weighted by Gasteiger charge is 2.23. The van der Waals surface area contributed by atoms with E-state index in [9.17, 15) is 4.79 Å². The van der Waals surface area contributed by atoms with E-state index in [4.69, 9.17) is 28.2 Å². The van der Waals surface area contributed by atoms with Crippen molar-refractivity contribution in [3.8, 4) is 0 Å². The van der Waals surface area contributed by atoms with Crippen LogP contribution in [0.2, 0.25) is 5.15 Å². The van der Waals surface area contributed by atoms with Gasteiger partial charge in [-0.1, -0.05) is 11.6 Å². The summed E-state index contributed by atoms with van der Waals surface area (Å²) in [6.45, 7) is 1.75. The standard InChI is InChI=1S/C9H13ClN6O2/c10-6-5(11)7(14-8(12)13-6)15-1-3-16(4-2-15)9(17)18/h1-4,11H2,(H,17,18)(H2,12,13,14). The Morgan fingerprint density at radius 2 is 1.83 bits per heavy atom. The van der Waals surface area contributed by atoms with Crippen molar-refractivity contribution in [2.24, 2.45) is 0 Å². The molecule has 1 amide bonds. The number of carbonyl (C=O) groups is 1. The van der Waals surface area contributed by atoms with Crippen molar-refractivity contribution in [3.05, 3.63) is 5.15 Å². The molecule has 98 valence electrons. The molecule has 0 aromatic carbocycles. The van der Waals surface area contributed by atoms with E-state index < -0.39 is 6.09 Å². The Morgan fingerprint density at radius 3 is 2.39 bits per heavy atom. The molecule has 8 nitrogen and oxygen atoms in total. The fourth-order valence-corrected chi connectivity index (χ4v) is 1.97. The number of amides is 1. The van der Waals surface area contributed by atoms with Gasteiger partial charge in [-0.3, -0.25) is 0 Å². The highest BCUT2D eigenvalue weighted by molar-refractivity contribution is 6.32. The van der Waals surface area contributed by atoms with Gasteiger partial charge in [0.15, 0.2) is 11.0 Å². The van der Waals surface area contributed by atoms with Gasteiger partial charge in [-0.05, 0) is 0 Å². The number of hydrogen-bond acceptors (Lipinski definition) is 6. The quantitative estimate of drug-likeness (QED) is 0.620. The summed E-state index contributed by atoms with van der Waals surface area (Å²) in [6, 6.07) is 0. The number of piperazine rings is 1. The Kier molecular flexibility index (Phi) is 3.28. The molecule has 1 saturated heterocycles. The maximum absolute atomic E-state index is 10.8. The molecule has 0 radical (unpaired) electrons. The first-order valence-electron chi connectivity index (χ1n) is 5.30. The molecule has 1 fully saturated rings. The zero-order valence-electron chi connectivity index (χ0n) is 9.51. The first-order chi connectivity index (χ1) is 8.49. The molecule has 0 unspecified atom stereocenters. The monoisotopic (exact) mass is 272 g/mol. The van der Waals surface area contributed by atoms with Crippen LogP contribution in [0.15, 0.2) is 0 Å². The van der Waals surface area contributed by atoms with E-state index in [-0.39, 0.29) is 16.8 Å². The number of nitrogens with two attached hydrogens (primary N) is 2. The van der Waals surface area contributed by atoms with E-state index in [0.29, 0.717) is 32.0 Å². The van der Waals surface area contributed by atoms with Gasteiger partial charge in [-0.15, -0.1) is 0 Å². The predicted molar refractivity (Wildman–Crippen MR) is 67.7 cm³/mol. The van der Waals surface area contributed by atoms with Crippen LogP contribution in [0.4, 0.5) is 22.2 Å². The molecular weight excluding hydrogens is 260 g/mol. The second-order valence-corrected chi connectivity index (χ2v) is 4.22. The fraction of sp³-hybridized carbons (Fsp3) is 0.444. The average molecular weight is 273 g/mol. The molecule has 0 atom stereocenters. The summed E-state index contributed by atoms with van der Waals surface area (Å²) in [4.78, 5) is 21.8. The summed E-state index contributed by atoms with van der Waals surface area (Å²) in [6.07, 6.45) is -0.928. The normalized spacial score (nSPS) is 15.8. The number of rotatable bonds is 1. The van der Waals surface area contributed by atoms with Crippen molar-refractivity contribution in [1.82, 2.24) is 14.9 Å². The van der Waals surface area contributed by atoms with E-state index in [2.05, 4.69) is 9.97 Å². The zero-order chi connectivity index (χ0) is 13.3. The summed E-state index contributed by atoms with van der Waals surface area (Å²) in [5, 5.41) is 8.96. The highest BCUT2D eigenvalue weighted by Crippen LogP contribution is 2.28. The minimum Gasteiger partial charge on any atom is -0.465 e. The number of anilines is 3. The predicted octanol–water partition coefficient (Wildman–Crippen LogP) is 0.0944. The van der Waals surface area contributed by atoms with Crippen LogP contribution in [0.25, 0.3) is 0 Å². The second-order valence-electron chi connectivity index (χ2n) is 3.87. The summed E-state index contributed by atoms with van der Waals surface area (Å²) in [5.41, 5.74) is 11.6. The summed E-state index contributed by atoms with van der Waals surface area (Å²) < 4.78 is 0. The Labute approximate surface area is 108 Å². The molecule has 18 heavy (non-hydrogen) atoms. The topological polar surface area (TPSA) is 122 Å². The van der Waals surface area contributed by atoms with Crippen molar-refractivity contribution in [3.63, 3.8) is 0 Å². The van der Waals surface area contributed by atoms with E-state index in [0.717, 1.165) is 0 Å². The van der Waals surface area contributed by atoms with Gasteiger partial charge in [0.25, 0.3) is 0 Å². The van der Waals surface area contributed by atoms with Crippen LogP contribution in [0.1, 0.15) is 0 Å². The molecular formula is C9H13ClN6O2. The number of hydrogen-bond donors (Lipinski definition) is 3. The number of aromatic nitrogens is 2. The molecule has 0 aliphatic carbocycles. The molecule has 0 spiro atoms. The van der Waals surface area contributed by atoms with Crippen molar-refractivity contribution in [2.75, 3.05) is 42.5 Å². The lowest BCUT2D eigenvalue weighted by atomic mass is 10.3. The molecule has 1 aromatic rings. The first kappa shape index (κ1) is 12.5. The van der Waals surface area contributed by atoms with Gasteiger partial charge in [0.1, 0.15) is 5.69 Å². The molecule has 0 saturated carbocycles. The van der Waals surface area contributed by atoms with Crippen LogP contribution in [0, 0.1) is 0 Å².